The van der Waals surface area contributed by atoms with Crippen LogP contribution in [0.15, 0.2) is 22.7 Å². The molecule has 0 aliphatic carbocycles. The first kappa shape index (κ1) is 10.6. The Bertz CT molecular complexity index is 484. The van der Waals surface area contributed by atoms with Crippen molar-refractivity contribution in [1.29, 1.82) is 0 Å². The molecule has 0 N–H and O–H groups in total. The topological polar surface area (TPSA) is 35.0 Å². The number of nitrogens with zero attached hydrogens (tertiary/aromatic N) is 2. The fraction of sp³-hybridized carbons (Fsp3) is 0.200. The minimum atomic E-state index is 0.581. The van der Waals surface area contributed by atoms with Gasteiger partial charge >= 0.3 is 0 Å². The first-order valence-corrected chi connectivity index (χ1v) is 6.00. The summed E-state index contributed by atoms with van der Waals surface area (Å²) in [5.74, 6) is 0.814. The second-order valence-corrected chi connectivity index (χ2v) is 5.16. The highest BCUT2D eigenvalue weighted by atomic mass is 79.9. The van der Waals surface area contributed by atoms with E-state index in [4.69, 9.17) is 4.74 Å². The van der Waals surface area contributed by atoms with Crippen molar-refractivity contribution in [1.82, 2.24) is 10.2 Å². The van der Waals surface area contributed by atoms with E-state index in [1.807, 2.05) is 32.0 Å². The molecule has 3 nitrogen and oxygen atoms in total. The molecular weight excluding hydrogens is 276 g/mol. The van der Waals surface area contributed by atoms with Crippen LogP contribution in [0.1, 0.15) is 10.6 Å². The molecule has 0 saturated carbocycles. The Labute approximate surface area is 100 Å². The SMILES string of the molecule is Cc1nnc(Oc2ccc(Br)cc2C)s1. The lowest BCUT2D eigenvalue weighted by Crippen LogP contribution is -1.86. The minimum absolute atomic E-state index is 0.581. The highest BCUT2D eigenvalue weighted by Crippen LogP contribution is 2.28. The van der Waals surface area contributed by atoms with Gasteiger partial charge in [0, 0.05) is 4.47 Å². The van der Waals surface area contributed by atoms with Crippen LogP contribution in [0.4, 0.5) is 0 Å². The van der Waals surface area contributed by atoms with Gasteiger partial charge in [0.15, 0.2) is 0 Å². The standard InChI is InChI=1S/C10H9BrN2OS/c1-6-5-8(11)3-4-9(6)14-10-13-12-7(2)15-10/h3-5H,1-2H3. The fourth-order valence-electron chi connectivity index (χ4n) is 1.14. The zero-order chi connectivity index (χ0) is 10.8. The third-order valence-electron chi connectivity index (χ3n) is 1.84. The van der Waals surface area contributed by atoms with Crippen LogP contribution in [0.2, 0.25) is 0 Å². The summed E-state index contributed by atoms with van der Waals surface area (Å²) in [6.07, 6.45) is 0. The Balaban J connectivity index is 2.24. The highest BCUT2D eigenvalue weighted by molar-refractivity contribution is 9.10. The normalized spacial score (nSPS) is 10.3. The van der Waals surface area contributed by atoms with E-state index in [0.29, 0.717) is 5.19 Å². The number of halogens is 1. The van der Waals surface area contributed by atoms with Gasteiger partial charge in [0.2, 0.25) is 0 Å². The van der Waals surface area contributed by atoms with Crippen molar-refractivity contribution in [3.8, 4) is 10.9 Å². The van der Waals surface area contributed by atoms with Crippen molar-refractivity contribution in [3.63, 3.8) is 0 Å². The Morgan fingerprint density at radius 1 is 1.27 bits per heavy atom. The van der Waals surface area contributed by atoms with Crippen LogP contribution in [0.5, 0.6) is 10.9 Å². The summed E-state index contributed by atoms with van der Waals surface area (Å²) in [5, 5.41) is 9.29. The molecule has 0 unspecified atom stereocenters. The molecule has 5 heteroatoms. The number of hydrogen-bond acceptors (Lipinski definition) is 4. The summed E-state index contributed by atoms with van der Waals surface area (Å²) in [5.41, 5.74) is 1.07. The zero-order valence-electron chi connectivity index (χ0n) is 8.32. The summed E-state index contributed by atoms with van der Waals surface area (Å²) >= 11 is 4.84. The summed E-state index contributed by atoms with van der Waals surface area (Å²) in [7, 11) is 0. The average molecular weight is 285 g/mol. The first-order valence-electron chi connectivity index (χ1n) is 4.39. The molecule has 0 saturated heterocycles. The van der Waals surface area contributed by atoms with Crippen molar-refractivity contribution in [2.24, 2.45) is 0 Å². The van der Waals surface area contributed by atoms with E-state index in [1.54, 1.807) is 0 Å². The van der Waals surface area contributed by atoms with Crippen LogP contribution >= 0.6 is 27.3 Å². The second-order valence-electron chi connectivity index (χ2n) is 3.10. The molecule has 1 aromatic carbocycles. The Morgan fingerprint density at radius 3 is 2.67 bits per heavy atom. The fourth-order valence-corrected chi connectivity index (χ4v) is 2.16. The molecule has 2 aromatic rings. The van der Waals surface area contributed by atoms with Crippen LogP contribution in [-0.4, -0.2) is 10.2 Å². The Morgan fingerprint density at radius 2 is 2.07 bits per heavy atom. The van der Waals surface area contributed by atoms with Crippen LogP contribution in [0.3, 0.4) is 0 Å². The molecule has 0 bridgehead atoms. The van der Waals surface area contributed by atoms with Crippen molar-refractivity contribution in [2.75, 3.05) is 0 Å². The predicted octanol–water partition coefficient (Wildman–Crippen LogP) is 3.71. The molecule has 0 atom stereocenters. The maximum Gasteiger partial charge on any atom is 0.299 e. The van der Waals surface area contributed by atoms with E-state index in [0.717, 1.165) is 20.8 Å². The van der Waals surface area contributed by atoms with E-state index >= 15 is 0 Å². The predicted molar refractivity (Wildman–Crippen MR) is 63.6 cm³/mol. The van der Waals surface area contributed by atoms with Crippen LogP contribution in [0, 0.1) is 13.8 Å². The smallest absolute Gasteiger partial charge is 0.299 e. The summed E-state index contributed by atoms with van der Waals surface area (Å²) in [6, 6.07) is 5.86. The molecule has 15 heavy (non-hydrogen) atoms. The quantitative estimate of drug-likeness (QED) is 0.843. The van der Waals surface area contributed by atoms with Crippen molar-refractivity contribution in [2.45, 2.75) is 13.8 Å². The van der Waals surface area contributed by atoms with E-state index in [9.17, 15) is 0 Å². The van der Waals surface area contributed by atoms with Crippen molar-refractivity contribution in [3.05, 3.63) is 33.2 Å². The molecule has 0 fully saturated rings. The molecular formula is C10H9BrN2OS. The molecule has 0 aliphatic heterocycles. The number of ether oxygens (including phenoxy) is 1. The molecule has 0 amide bonds. The maximum absolute atomic E-state index is 5.61. The number of aromatic nitrogens is 2. The highest BCUT2D eigenvalue weighted by Gasteiger charge is 2.05. The van der Waals surface area contributed by atoms with Gasteiger partial charge in [-0.3, -0.25) is 0 Å². The molecule has 0 radical (unpaired) electrons. The van der Waals surface area contributed by atoms with Crippen LogP contribution < -0.4 is 4.74 Å². The molecule has 2 rings (SSSR count). The van der Waals surface area contributed by atoms with E-state index in [1.165, 1.54) is 11.3 Å². The Kier molecular flexibility index (Phi) is 3.02. The van der Waals surface area contributed by atoms with Gasteiger partial charge in [0.1, 0.15) is 10.8 Å². The lowest BCUT2D eigenvalue weighted by atomic mass is 10.2. The largest absolute Gasteiger partial charge is 0.430 e. The van der Waals surface area contributed by atoms with Gasteiger partial charge in [-0.15, -0.1) is 5.10 Å². The molecule has 0 spiro atoms. The number of benzene rings is 1. The minimum Gasteiger partial charge on any atom is -0.430 e. The third kappa shape index (κ3) is 2.54. The summed E-state index contributed by atoms with van der Waals surface area (Å²) in [4.78, 5) is 0. The first-order chi connectivity index (χ1) is 7.15. The second kappa shape index (κ2) is 4.28. The zero-order valence-corrected chi connectivity index (χ0v) is 10.7. The Hall–Kier alpha value is -0.940. The lowest BCUT2D eigenvalue weighted by Gasteiger charge is -2.04. The number of hydrogen-bond donors (Lipinski definition) is 0. The van der Waals surface area contributed by atoms with E-state index in [-0.39, 0.29) is 0 Å². The summed E-state index contributed by atoms with van der Waals surface area (Å²) in [6.45, 7) is 3.90. The van der Waals surface area contributed by atoms with Gasteiger partial charge in [-0.25, -0.2) is 0 Å². The van der Waals surface area contributed by atoms with Crippen molar-refractivity contribution < 1.29 is 4.74 Å². The van der Waals surface area contributed by atoms with Gasteiger partial charge in [-0.05, 0) is 37.6 Å². The summed E-state index contributed by atoms with van der Waals surface area (Å²) < 4.78 is 6.65. The lowest BCUT2D eigenvalue weighted by molar-refractivity contribution is 0.469. The van der Waals surface area contributed by atoms with Crippen molar-refractivity contribution >= 4 is 27.3 Å². The van der Waals surface area contributed by atoms with Gasteiger partial charge in [-0.1, -0.05) is 32.4 Å². The third-order valence-corrected chi connectivity index (χ3v) is 3.05. The molecule has 0 aliphatic rings. The van der Waals surface area contributed by atoms with Gasteiger partial charge in [-0.2, -0.15) is 0 Å². The number of rotatable bonds is 2. The van der Waals surface area contributed by atoms with Gasteiger partial charge < -0.3 is 4.74 Å². The van der Waals surface area contributed by atoms with Gasteiger partial charge in [0.25, 0.3) is 5.19 Å². The van der Waals surface area contributed by atoms with E-state index < -0.39 is 0 Å². The average Bonchev–Trinajstić information content (AvgIpc) is 2.56. The maximum atomic E-state index is 5.61. The number of aryl methyl sites for hydroxylation is 2. The van der Waals surface area contributed by atoms with Crippen LogP contribution in [-0.2, 0) is 0 Å². The van der Waals surface area contributed by atoms with Crippen LogP contribution in [0.25, 0.3) is 0 Å². The molecule has 1 aromatic heterocycles. The van der Waals surface area contributed by atoms with Gasteiger partial charge in [0.05, 0.1) is 0 Å². The monoisotopic (exact) mass is 284 g/mol. The molecule has 1 heterocycles. The molecule has 78 valence electrons. The van der Waals surface area contributed by atoms with E-state index in [2.05, 4.69) is 26.1 Å².